The molecule has 0 radical (unpaired) electrons. The van der Waals surface area contributed by atoms with Crippen molar-refractivity contribution in [3.05, 3.63) is 0 Å². The summed E-state index contributed by atoms with van der Waals surface area (Å²) in [6.07, 6.45) is 1.72. The Labute approximate surface area is 63.2 Å². The van der Waals surface area contributed by atoms with Crippen molar-refractivity contribution in [2.45, 2.75) is 19.4 Å². The number of hydrogen-bond donors (Lipinski definition) is 0. The smallest absolute Gasteiger partial charge is 0.0738 e. The highest BCUT2D eigenvalue weighted by Gasteiger charge is 2.28. The minimum absolute atomic E-state index is 0.481. The molecule has 1 fully saturated rings. The quantitative estimate of drug-likeness (QED) is 0.571. The van der Waals surface area contributed by atoms with Crippen molar-refractivity contribution in [3.8, 4) is 0 Å². The molecule has 1 heterocycles. The maximum atomic E-state index is 5.34. The van der Waals surface area contributed by atoms with Gasteiger partial charge in [-0.05, 0) is 19.4 Å². The summed E-state index contributed by atoms with van der Waals surface area (Å²) in [5, 5.41) is 0. The van der Waals surface area contributed by atoms with Gasteiger partial charge in [0.25, 0.3) is 0 Å². The molecule has 0 amide bonds. The van der Waals surface area contributed by atoms with E-state index in [2.05, 4.69) is 18.9 Å². The Morgan fingerprint density at radius 1 is 1.50 bits per heavy atom. The minimum atomic E-state index is 0.481. The van der Waals surface area contributed by atoms with E-state index >= 15 is 0 Å². The van der Waals surface area contributed by atoms with Crippen molar-refractivity contribution in [1.82, 2.24) is 4.90 Å². The van der Waals surface area contributed by atoms with E-state index in [4.69, 9.17) is 4.74 Å². The van der Waals surface area contributed by atoms with E-state index in [0.29, 0.717) is 6.10 Å². The van der Waals surface area contributed by atoms with Crippen LogP contribution in [0.4, 0.5) is 0 Å². The molecule has 2 atom stereocenters. The molecule has 0 aromatic rings. The second-order valence-electron chi connectivity index (χ2n) is 3.16. The normalized spacial score (nSPS) is 35.1. The lowest BCUT2D eigenvalue weighted by Gasteiger charge is -2.13. The maximum Gasteiger partial charge on any atom is 0.0738 e. The average molecular weight is 143 g/mol. The fourth-order valence-corrected chi connectivity index (χ4v) is 1.71. The third-order valence-corrected chi connectivity index (χ3v) is 2.39. The molecule has 2 nitrogen and oxygen atoms in total. The van der Waals surface area contributed by atoms with E-state index in [1.807, 2.05) is 7.11 Å². The average Bonchev–Trinajstić information content (AvgIpc) is 2.30. The van der Waals surface area contributed by atoms with Crippen LogP contribution in [0.2, 0.25) is 0 Å². The molecule has 60 valence electrons. The Morgan fingerprint density at radius 3 is 2.60 bits per heavy atom. The van der Waals surface area contributed by atoms with Gasteiger partial charge in [0, 0.05) is 20.2 Å². The van der Waals surface area contributed by atoms with Crippen LogP contribution in [0, 0.1) is 5.92 Å². The summed E-state index contributed by atoms with van der Waals surface area (Å²) < 4.78 is 5.34. The standard InChI is InChI=1S/C8H17NO/c1-4-7-5-9(2)6-8(7)10-3/h7-8H,4-6H2,1-3H3. The Morgan fingerprint density at radius 2 is 2.20 bits per heavy atom. The molecule has 0 bridgehead atoms. The van der Waals surface area contributed by atoms with Crippen LogP contribution in [0.3, 0.4) is 0 Å². The molecule has 1 aliphatic heterocycles. The molecule has 2 heteroatoms. The van der Waals surface area contributed by atoms with Gasteiger partial charge < -0.3 is 9.64 Å². The molecular formula is C8H17NO. The number of nitrogens with zero attached hydrogens (tertiary/aromatic N) is 1. The van der Waals surface area contributed by atoms with Gasteiger partial charge >= 0.3 is 0 Å². The molecule has 1 aliphatic rings. The lowest BCUT2D eigenvalue weighted by atomic mass is 10.0. The fraction of sp³-hybridized carbons (Fsp3) is 1.00. The van der Waals surface area contributed by atoms with Crippen LogP contribution < -0.4 is 0 Å². The lowest BCUT2D eigenvalue weighted by Crippen LogP contribution is -2.20. The number of likely N-dealkylation sites (tertiary alicyclic amines) is 1. The highest BCUT2D eigenvalue weighted by atomic mass is 16.5. The number of rotatable bonds is 2. The van der Waals surface area contributed by atoms with Gasteiger partial charge in [0.05, 0.1) is 6.10 Å². The second-order valence-corrected chi connectivity index (χ2v) is 3.16. The Kier molecular flexibility index (Phi) is 2.69. The summed E-state index contributed by atoms with van der Waals surface area (Å²) >= 11 is 0. The van der Waals surface area contributed by atoms with Crippen molar-refractivity contribution in [2.24, 2.45) is 5.92 Å². The maximum absolute atomic E-state index is 5.34. The summed E-state index contributed by atoms with van der Waals surface area (Å²) in [6, 6.07) is 0. The Bertz CT molecular complexity index is 93.4. The van der Waals surface area contributed by atoms with Gasteiger partial charge in [0.1, 0.15) is 0 Å². The summed E-state index contributed by atoms with van der Waals surface area (Å²) in [7, 11) is 3.97. The predicted molar refractivity (Wildman–Crippen MR) is 42.1 cm³/mol. The van der Waals surface area contributed by atoms with Gasteiger partial charge in [-0.3, -0.25) is 0 Å². The van der Waals surface area contributed by atoms with E-state index in [9.17, 15) is 0 Å². The first kappa shape index (κ1) is 8.02. The van der Waals surface area contributed by atoms with E-state index in [0.717, 1.165) is 12.5 Å². The van der Waals surface area contributed by atoms with Gasteiger partial charge in [-0.25, -0.2) is 0 Å². The van der Waals surface area contributed by atoms with E-state index < -0.39 is 0 Å². The van der Waals surface area contributed by atoms with Crippen LogP contribution >= 0.6 is 0 Å². The van der Waals surface area contributed by atoms with Crippen molar-refractivity contribution in [2.75, 3.05) is 27.2 Å². The summed E-state index contributed by atoms with van der Waals surface area (Å²) in [4.78, 5) is 2.34. The molecule has 1 rings (SSSR count). The fourth-order valence-electron chi connectivity index (χ4n) is 1.71. The second kappa shape index (κ2) is 3.35. The van der Waals surface area contributed by atoms with Gasteiger partial charge in [0.15, 0.2) is 0 Å². The molecule has 10 heavy (non-hydrogen) atoms. The van der Waals surface area contributed by atoms with Gasteiger partial charge in [-0.15, -0.1) is 0 Å². The summed E-state index contributed by atoms with van der Waals surface area (Å²) in [5.74, 6) is 0.759. The lowest BCUT2D eigenvalue weighted by molar-refractivity contribution is 0.0785. The van der Waals surface area contributed by atoms with Crippen LogP contribution in [-0.2, 0) is 4.74 Å². The Balaban J connectivity index is 2.41. The number of likely N-dealkylation sites (N-methyl/N-ethyl adjacent to an activating group) is 1. The Hall–Kier alpha value is -0.0800. The van der Waals surface area contributed by atoms with E-state index in [1.54, 1.807) is 0 Å². The molecule has 0 spiro atoms. The van der Waals surface area contributed by atoms with Crippen LogP contribution in [0.15, 0.2) is 0 Å². The van der Waals surface area contributed by atoms with E-state index in [1.165, 1.54) is 13.0 Å². The monoisotopic (exact) mass is 143 g/mol. The van der Waals surface area contributed by atoms with Gasteiger partial charge in [-0.2, -0.15) is 0 Å². The zero-order valence-electron chi connectivity index (χ0n) is 7.13. The molecule has 2 unspecified atom stereocenters. The molecular weight excluding hydrogens is 126 g/mol. The first-order valence-corrected chi connectivity index (χ1v) is 3.99. The highest BCUT2D eigenvalue weighted by Crippen LogP contribution is 2.20. The van der Waals surface area contributed by atoms with Crippen LogP contribution in [0.25, 0.3) is 0 Å². The van der Waals surface area contributed by atoms with Gasteiger partial charge in [-0.1, -0.05) is 6.92 Å². The molecule has 0 N–H and O–H groups in total. The number of methoxy groups -OCH3 is 1. The van der Waals surface area contributed by atoms with Crippen LogP contribution in [0.5, 0.6) is 0 Å². The molecule has 0 aromatic heterocycles. The first-order chi connectivity index (χ1) is 4.77. The molecule has 0 aromatic carbocycles. The highest BCUT2D eigenvalue weighted by molar-refractivity contribution is 4.81. The molecule has 0 aliphatic carbocycles. The SMILES string of the molecule is CCC1CN(C)CC1OC. The predicted octanol–water partition coefficient (Wildman–Crippen LogP) is 0.973. The zero-order chi connectivity index (χ0) is 7.56. The number of hydrogen-bond acceptors (Lipinski definition) is 2. The zero-order valence-corrected chi connectivity index (χ0v) is 7.13. The summed E-state index contributed by atoms with van der Waals surface area (Å²) in [5.41, 5.74) is 0. The van der Waals surface area contributed by atoms with Crippen molar-refractivity contribution >= 4 is 0 Å². The van der Waals surface area contributed by atoms with Crippen molar-refractivity contribution in [1.29, 1.82) is 0 Å². The third kappa shape index (κ3) is 1.50. The first-order valence-electron chi connectivity index (χ1n) is 3.99. The minimum Gasteiger partial charge on any atom is -0.380 e. The molecule has 1 saturated heterocycles. The largest absolute Gasteiger partial charge is 0.380 e. The summed E-state index contributed by atoms with van der Waals surface area (Å²) in [6.45, 7) is 4.54. The number of ether oxygens (including phenoxy) is 1. The van der Waals surface area contributed by atoms with Gasteiger partial charge in [0.2, 0.25) is 0 Å². The van der Waals surface area contributed by atoms with Crippen LogP contribution in [0.1, 0.15) is 13.3 Å². The van der Waals surface area contributed by atoms with E-state index in [-0.39, 0.29) is 0 Å². The van der Waals surface area contributed by atoms with Crippen molar-refractivity contribution < 1.29 is 4.74 Å². The molecule has 0 saturated carbocycles. The topological polar surface area (TPSA) is 12.5 Å². The van der Waals surface area contributed by atoms with Crippen molar-refractivity contribution in [3.63, 3.8) is 0 Å². The third-order valence-electron chi connectivity index (χ3n) is 2.39. The van der Waals surface area contributed by atoms with Crippen LogP contribution in [-0.4, -0.2) is 38.3 Å².